The van der Waals surface area contributed by atoms with Gasteiger partial charge in [0.15, 0.2) is 0 Å². The second-order valence-electron chi connectivity index (χ2n) is 6.09. The summed E-state index contributed by atoms with van der Waals surface area (Å²) in [7, 11) is 2.21. The van der Waals surface area contributed by atoms with Crippen LogP contribution in [0.15, 0.2) is 24.3 Å². The van der Waals surface area contributed by atoms with Crippen molar-refractivity contribution in [3.8, 4) is 0 Å². The minimum atomic E-state index is 0.187. The number of likely N-dealkylation sites (N-methyl/N-ethyl adjacent to an activating group) is 1. The number of hydrogen-bond acceptors (Lipinski definition) is 2. The monoisotopic (exact) mass is 280 g/mol. The molecular weight excluding hydrogens is 256 g/mol. The molecule has 0 atom stereocenters. The van der Waals surface area contributed by atoms with E-state index in [2.05, 4.69) is 31.0 Å². The van der Waals surface area contributed by atoms with E-state index in [0.29, 0.717) is 0 Å². The smallest absolute Gasteiger partial charge is 0.0406 e. The summed E-state index contributed by atoms with van der Waals surface area (Å²) in [6.07, 6.45) is 5.02. The van der Waals surface area contributed by atoms with Gasteiger partial charge in [-0.2, -0.15) is 0 Å². The predicted molar refractivity (Wildman–Crippen MR) is 82.3 cm³/mol. The molecular formula is C16H25ClN2. The number of benzene rings is 1. The lowest BCUT2D eigenvalue weighted by molar-refractivity contribution is 0.0616. The first-order valence-electron chi connectivity index (χ1n) is 7.21. The highest BCUT2D eigenvalue weighted by atomic mass is 35.5. The van der Waals surface area contributed by atoms with Gasteiger partial charge in [0.25, 0.3) is 0 Å². The summed E-state index contributed by atoms with van der Waals surface area (Å²) in [4.78, 5) is 2.45. The Labute approximate surface area is 121 Å². The third-order valence-corrected chi connectivity index (χ3v) is 4.98. The maximum Gasteiger partial charge on any atom is 0.0406 e. The van der Waals surface area contributed by atoms with Gasteiger partial charge in [0.2, 0.25) is 0 Å². The van der Waals surface area contributed by atoms with Gasteiger partial charge in [-0.1, -0.05) is 30.7 Å². The van der Waals surface area contributed by atoms with Crippen molar-refractivity contribution in [1.29, 1.82) is 0 Å². The van der Waals surface area contributed by atoms with Crippen LogP contribution in [0, 0.1) is 5.92 Å². The largest absolute Gasteiger partial charge is 0.329 e. The predicted octanol–water partition coefficient (Wildman–Crippen LogP) is 3.68. The number of nitrogens with two attached hydrogens (primary N) is 1. The molecule has 0 bridgehead atoms. The number of rotatable bonds is 4. The number of nitrogens with zero attached hydrogens (tertiary/aromatic N) is 1. The van der Waals surface area contributed by atoms with Crippen molar-refractivity contribution in [2.24, 2.45) is 11.7 Å². The molecule has 1 fully saturated rings. The van der Waals surface area contributed by atoms with Crippen LogP contribution in [-0.4, -0.2) is 24.0 Å². The third-order valence-electron chi connectivity index (χ3n) is 4.73. The molecule has 19 heavy (non-hydrogen) atoms. The SMILES string of the molecule is CC1CCC(CN)(N(C)Cc2ccc(Cl)cc2)CC1. The molecule has 1 saturated carbocycles. The van der Waals surface area contributed by atoms with Crippen LogP contribution in [0.3, 0.4) is 0 Å². The summed E-state index contributed by atoms with van der Waals surface area (Å²) in [5.41, 5.74) is 7.59. The Bertz CT molecular complexity index is 394. The quantitative estimate of drug-likeness (QED) is 0.912. The molecule has 0 unspecified atom stereocenters. The average molecular weight is 281 g/mol. The van der Waals surface area contributed by atoms with Gasteiger partial charge in [-0.25, -0.2) is 0 Å². The Morgan fingerprint density at radius 2 is 1.84 bits per heavy atom. The summed E-state index contributed by atoms with van der Waals surface area (Å²) in [5.74, 6) is 0.851. The zero-order chi connectivity index (χ0) is 13.9. The molecule has 1 aliphatic rings. The van der Waals surface area contributed by atoms with Crippen LogP contribution < -0.4 is 5.73 Å². The molecule has 1 aliphatic carbocycles. The van der Waals surface area contributed by atoms with Gasteiger partial charge in [0.1, 0.15) is 0 Å². The van der Waals surface area contributed by atoms with Crippen LogP contribution in [0.2, 0.25) is 5.02 Å². The van der Waals surface area contributed by atoms with Gasteiger partial charge in [0.05, 0.1) is 0 Å². The van der Waals surface area contributed by atoms with E-state index in [4.69, 9.17) is 17.3 Å². The molecule has 0 spiro atoms. The lowest BCUT2D eigenvalue weighted by Gasteiger charge is -2.45. The molecule has 0 amide bonds. The van der Waals surface area contributed by atoms with Gasteiger partial charge in [-0.15, -0.1) is 0 Å². The van der Waals surface area contributed by atoms with E-state index in [1.807, 2.05) is 12.1 Å². The molecule has 2 nitrogen and oxygen atoms in total. The Hall–Kier alpha value is -0.570. The Balaban J connectivity index is 2.04. The summed E-state index contributed by atoms with van der Waals surface area (Å²) in [5, 5.41) is 0.798. The van der Waals surface area contributed by atoms with E-state index >= 15 is 0 Å². The molecule has 0 aromatic heterocycles. The average Bonchev–Trinajstić information content (AvgIpc) is 2.42. The Morgan fingerprint density at radius 1 is 1.26 bits per heavy atom. The van der Waals surface area contributed by atoms with Crippen molar-refractivity contribution in [3.63, 3.8) is 0 Å². The molecule has 3 heteroatoms. The molecule has 0 aliphatic heterocycles. The van der Waals surface area contributed by atoms with Crippen LogP contribution in [0.5, 0.6) is 0 Å². The zero-order valence-electron chi connectivity index (χ0n) is 12.0. The molecule has 0 radical (unpaired) electrons. The molecule has 2 N–H and O–H groups in total. The fourth-order valence-corrected chi connectivity index (χ4v) is 3.20. The van der Waals surface area contributed by atoms with Crippen LogP contribution in [0.4, 0.5) is 0 Å². The molecule has 1 aromatic rings. The van der Waals surface area contributed by atoms with Gasteiger partial charge >= 0.3 is 0 Å². The van der Waals surface area contributed by atoms with E-state index in [1.165, 1.54) is 31.2 Å². The highest BCUT2D eigenvalue weighted by molar-refractivity contribution is 6.30. The van der Waals surface area contributed by atoms with Gasteiger partial charge in [0, 0.05) is 23.7 Å². The highest BCUT2D eigenvalue weighted by Gasteiger charge is 2.36. The lowest BCUT2D eigenvalue weighted by Crippen LogP contribution is -2.53. The summed E-state index contributed by atoms with van der Waals surface area (Å²) >= 11 is 5.93. The highest BCUT2D eigenvalue weighted by Crippen LogP contribution is 2.35. The van der Waals surface area contributed by atoms with E-state index in [9.17, 15) is 0 Å². The van der Waals surface area contributed by atoms with Crippen LogP contribution in [-0.2, 0) is 6.54 Å². The van der Waals surface area contributed by atoms with Crippen molar-refractivity contribution in [1.82, 2.24) is 4.90 Å². The van der Waals surface area contributed by atoms with Gasteiger partial charge < -0.3 is 5.73 Å². The fraction of sp³-hybridized carbons (Fsp3) is 0.625. The molecule has 1 aromatic carbocycles. The normalized spacial score (nSPS) is 27.7. The second kappa shape index (κ2) is 6.25. The van der Waals surface area contributed by atoms with Crippen molar-refractivity contribution >= 4 is 11.6 Å². The van der Waals surface area contributed by atoms with Crippen molar-refractivity contribution < 1.29 is 0 Å². The fourth-order valence-electron chi connectivity index (χ4n) is 3.07. The first kappa shape index (κ1) is 14.8. The summed E-state index contributed by atoms with van der Waals surface area (Å²) < 4.78 is 0. The van der Waals surface area contributed by atoms with Crippen molar-refractivity contribution in [2.45, 2.75) is 44.7 Å². The van der Waals surface area contributed by atoms with Crippen molar-refractivity contribution in [2.75, 3.05) is 13.6 Å². The maximum absolute atomic E-state index is 6.10. The molecule has 0 saturated heterocycles. The van der Waals surface area contributed by atoms with E-state index in [-0.39, 0.29) is 5.54 Å². The standard InChI is InChI=1S/C16H25ClN2/c1-13-7-9-16(12-18,10-8-13)19(2)11-14-3-5-15(17)6-4-14/h3-6,13H,7-12,18H2,1-2H3. The first-order chi connectivity index (χ1) is 9.05. The van der Waals surface area contributed by atoms with Crippen LogP contribution in [0.25, 0.3) is 0 Å². The molecule has 0 heterocycles. The Kier molecular flexibility index (Phi) is 4.88. The van der Waals surface area contributed by atoms with Crippen LogP contribution in [0.1, 0.15) is 38.2 Å². The van der Waals surface area contributed by atoms with E-state index in [1.54, 1.807) is 0 Å². The zero-order valence-corrected chi connectivity index (χ0v) is 12.8. The second-order valence-corrected chi connectivity index (χ2v) is 6.53. The lowest BCUT2D eigenvalue weighted by atomic mass is 9.76. The third kappa shape index (κ3) is 3.50. The van der Waals surface area contributed by atoms with Gasteiger partial charge in [-0.05, 0) is 56.3 Å². The van der Waals surface area contributed by atoms with Crippen molar-refractivity contribution in [3.05, 3.63) is 34.9 Å². The number of hydrogen-bond donors (Lipinski definition) is 1. The minimum absolute atomic E-state index is 0.187. The summed E-state index contributed by atoms with van der Waals surface area (Å²) in [6, 6.07) is 8.13. The topological polar surface area (TPSA) is 29.3 Å². The molecule has 2 rings (SSSR count). The van der Waals surface area contributed by atoms with E-state index in [0.717, 1.165) is 24.0 Å². The maximum atomic E-state index is 6.10. The Morgan fingerprint density at radius 3 is 2.37 bits per heavy atom. The number of halogens is 1. The van der Waals surface area contributed by atoms with E-state index < -0.39 is 0 Å². The molecule has 106 valence electrons. The minimum Gasteiger partial charge on any atom is -0.329 e. The van der Waals surface area contributed by atoms with Gasteiger partial charge in [-0.3, -0.25) is 4.90 Å². The first-order valence-corrected chi connectivity index (χ1v) is 7.59. The summed E-state index contributed by atoms with van der Waals surface area (Å²) in [6.45, 7) is 4.05. The van der Waals surface area contributed by atoms with Crippen LogP contribution >= 0.6 is 11.6 Å².